The number of quaternary nitrogens is 1. The van der Waals surface area contributed by atoms with Gasteiger partial charge >= 0.3 is 0 Å². The van der Waals surface area contributed by atoms with Crippen molar-refractivity contribution in [1.82, 2.24) is 0 Å². The standard InChI is InChI=1S/C17H33NO/c1-4-6-8-10-12-14-16-18(3,19)17-15-13-11-9-7-5-2/h12-15H,4-11,16-17H2,1-3H3/b14-12+,15-13+. The lowest BCUT2D eigenvalue weighted by atomic mass is 10.2. The lowest BCUT2D eigenvalue weighted by Gasteiger charge is -2.36. The molecule has 0 saturated heterocycles. The summed E-state index contributed by atoms with van der Waals surface area (Å²) in [5, 5.41) is 12.1. The van der Waals surface area contributed by atoms with Crippen LogP contribution in [0.2, 0.25) is 0 Å². The van der Waals surface area contributed by atoms with Crippen LogP contribution in [0.25, 0.3) is 0 Å². The molecule has 0 fully saturated rings. The smallest absolute Gasteiger partial charge is 0.0971 e. The Hall–Kier alpha value is -0.600. The summed E-state index contributed by atoms with van der Waals surface area (Å²) in [5.41, 5.74) is 0. The fourth-order valence-electron chi connectivity index (χ4n) is 1.93. The van der Waals surface area contributed by atoms with Crippen molar-refractivity contribution in [2.75, 3.05) is 20.1 Å². The van der Waals surface area contributed by atoms with Gasteiger partial charge in [-0.1, -0.05) is 51.7 Å². The highest BCUT2D eigenvalue weighted by Gasteiger charge is 2.03. The first-order chi connectivity index (χ1) is 9.12. The molecule has 0 unspecified atom stereocenters. The molecule has 19 heavy (non-hydrogen) atoms. The Morgan fingerprint density at radius 1 is 0.737 bits per heavy atom. The first-order valence-electron chi connectivity index (χ1n) is 7.98. The van der Waals surface area contributed by atoms with Crippen LogP contribution in [0, 0.1) is 5.21 Å². The van der Waals surface area contributed by atoms with Crippen molar-refractivity contribution in [1.29, 1.82) is 0 Å². The Morgan fingerprint density at radius 3 is 1.53 bits per heavy atom. The third-order valence-electron chi connectivity index (χ3n) is 3.27. The van der Waals surface area contributed by atoms with Gasteiger partial charge in [0.05, 0.1) is 20.1 Å². The zero-order chi connectivity index (χ0) is 14.4. The van der Waals surface area contributed by atoms with Gasteiger partial charge in [0.2, 0.25) is 0 Å². The second kappa shape index (κ2) is 12.4. The minimum atomic E-state index is -0.186. The zero-order valence-corrected chi connectivity index (χ0v) is 13.2. The maximum Gasteiger partial charge on any atom is 0.0971 e. The van der Waals surface area contributed by atoms with E-state index in [0.717, 1.165) is 12.8 Å². The Balaban J connectivity index is 3.66. The zero-order valence-electron chi connectivity index (χ0n) is 13.2. The predicted molar refractivity (Wildman–Crippen MR) is 85.8 cm³/mol. The lowest BCUT2D eigenvalue weighted by molar-refractivity contribution is -0.848. The van der Waals surface area contributed by atoms with Gasteiger partial charge in [-0.3, -0.25) is 0 Å². The summed E-state index contributed by atoms with van der Waals surface area (Å²) in [6.07, 6.45) is 18.2. The Labute approximate surface area is 120 Å². The van der Waals surface area contributed by atoms with Crippen molar-refractivity contribution in [2.24, 2.45) is 0 Å². The topological polar surface area (TPSA) is 23.1 Å². The van der Waals surface area contributed by atoms with Crippen molar-refractivity contribution >= 4 is 0 Å². The van der Waals surface area contributed by atoms with E-state index >= 15 is 0 Å². The predicted octanol–water partition coefficient (Wildman–Crippen LogP) is 5.20. The van der Waals surface area contributed by atoms with E-state index in [1.165, 1.54) is 38.5 Å². The van der Waals surface area contributed by atoms with Gasteiger partial charge in [0.25, 0.3) is 0 Å². The quantitative estimate of drug-likeness (QED) is 0.206. The van der Waals surface area contributed by atoms with Crippen molar-refractivity contribution in [3.05, 3.63) is 29.5 Å². The molecule has 0 radical (unpaired) electrons. The summed E-state index contributed by atoms with van der Waals surface area (Å²) in [6, 6.07) is 0. The summed E-state index contributed by atoms with van der Waals surface area (Å²) >= 11 is 0. The van der Waals surface area contributed by atoms with Crippen LogP contribution in [0.1, 0.15) is 65.2 Å². The molecule has 0 aromatic carbocycles. The molecule has 0 aromatic heterocycles. The van der Waals surface area contributed by atoms with Gasteiger partial charge in [-0.2, -0.15) is 0 Å². The van der Waals surface area contributed by atoms with Gasteiger partial charge in [0.15, 0.2) is 0 Å². The number of unbranched alkanes of at least 4 members (excludes halogenated alkanes) is 6. The van der Waals surface area contributed by atoms with Gasteiger partial charge in [-0.25, -0.2) is 0 Å². The SMILES string of the molecule is CCCCC/C=C/C[N+](C)([O-])C/C=C/CCCCC. The third kappa shape index (κ3) is 13.6. The fraction of sp³-hybridized carbons (Fsp3) is 0.765. The van der Waals surface area contributed by atoms with Crippen LogP contribution >= 0.6 is 0 Å². The van der Waals surface area contributed by atoms with Gasteiger partial charge in [-0.15, -0.1) is 0 Å². The van der Waals surface area contributed by atoms with E-state index in [1.54, 1.807) is 7.05 Å². The van der Waals surface area contributed by atoms with Crippen LogP contribution in [0.3, 0.4) is 0 Å². The van der Waals surface area contributed by atoms with Crippen molar-refractivity contribution in [2.45, 2.75) is 65.2 Å². The van der Waals surface area contributed by atoms with Crippen LogP contribution in [-0.4, -0.2) is 24.8 Å². The highest BCUT2D eigenvalue weighted by molar-refractivity contribution is 4.85. The summed E-state index contributed by atoms with van der Waals surface area (Å²) in [4.78, 5) is 0. The second-order valence-electron chi connectivity index (χ2n) is 5.60. The van der Waals surface area contributed by atoms with E-state index in [4.69, 9.17) is 0 Å². The Morgan fingerprint density at radius 2 is 1.16 bits per heavy atom. The highest BCUT2D eigenvalue weighted by atomic mass is 16.5. The van der Waals surface area contributed by atoms with Crippen LogP contribution in [-0.2, 0) is 0 Å². The molecule has 0 aliphatic rings. The number of likely N-dealkylation sites (N-methyl/N-ethyl adjacent to an activating group) is 1. The van der Waals surface area contributed by atoms with E-state index in [0.29, 0.717) is 13.1 Å². The Bertz CT molecular complexity index is 220. The second-order valence-corrected chi connectivity index (χ2v) is 5.60. The summed E-state index contributed by atoms with van der Waals surface area (Å²) < 4.78 is -0.186. The third-order valence-corrected chi connectivity index (χ3v) is 3.27. The van der Waals surface area contributed by atoms with Gasteiger partial charge in [0.1, 0.15) is 0 Å². The molecule has 0 aliphatic carbocycles. The summed E-state index contributed by atoms with van der Waals surface area (Å²) in [5.74, 6) is 0. The first kappa shape index (κ1) is 18.4. The van der Waals surface area contributed by atoms with E-state index in [2.05, 4.69) is 26.0 Å². The molecule has 2 heteroatoms. The average molecular weight is 267 g/mol. The number of hydrogen-bond acceptors (Lipinski definition) is 1. The van der Waals surface area contributed by atoms with E-state index in [1.807, 2.05) is 12.2 Å². The normalized spacial score (nSPS) is 12.8. The highest BCUT2D eigenvalue weighted by Crippen LogP contribution is 2.04. The average Bonchev–Trinajstić information content (AvgIpc) is 2.38. The maximum absolute atomic E-state index is 12.1. The Kier molecular flexibility index (Phi) is 12.0. The monoisotopic (exact) mass is 267 g/mol. The minimum Gasteiger partial charge on any atom is -0.633 e. The molecular weight excluding hydrogens is 234 g/mol. The van der Waals surface area contributed by atoms with Crippen molar-refractivity contribution < 1.29 is 4.65 Å². The number of hydroxylamine groups is 3. The van der Waals surface area contributed by atoms with Crippen molar-refractivity contribution in [3.63, 3.8) is 0 Å². The number of allylic oxidation sites excluding steroid dienone is 2. The molecule has 0 N–H and O–H groups in total. The number of nitrogens with zero attached hydrogens (tertiary/aromatic N) is 1. The molecule has 112 valence electrons. The van der Waals surface area contributed by atoms with Gasteiger partial charge in [0, 0.05) is 0 Å². The molecule has 0 aliphatic heterocycles. The summed E-state index contributed by atoms with van der Waals surface area (Å²) in [7, 11) is 1.76. The molecule has 2 nitrogen and oxygen atoms in total. The lowest BCUT2D eigenvalue weighted by Crippen LogP contribution is -2.37. The number of rotatable bonds is 12. The molecule has 0 rings (SSSR count). The van der Waals surface area contributed by atoms with Gasteiger partial charge < -0.3 is 9.85 Å². The van der Waals surface area contributed by atoms with Crippen molar-refractivity contribution in [3.8, 4) is 0 Å². The molecular formula is C17H33NO. The van der Waals surface area contributed by atoms with Crippen LogP contribution in [0.15, 0.2) is 24.3 Å². The molecule has 0 atom stereocenters. The summed E-state index contributed by atoms with van der Waals surface area (Å²) in [6.45, 7) is 5.60. The maximum atomic E-state index is 12.1. The van der Waals surface area contributed by atoms with Crippen LogP contribution < -0.4 is 0 Å². The minimum absolute atomic E-state index is 0.186. The molecule has 0 aromatic rings. The first-order valence-corrected chi connectivity index (χ1v) is 7.98. The molecule has 0 saturated carbocycles. The molecule has 0 spiro atoms. The molecule has 0 amide bonds. The van der Waals surface area contributed by atoms with E-state index in [9.17, 15) is 5.21 Å². The van der Waals surface area contributed by atoms with Crippen LogP contribution in [0.4, 0.5) is 0 Å². The fourth-order valence-corrected chi connectivity index (χ4v) is 1.93. The molecule has 0 bridgehead atoms. The van der Waals surface area contributed by atoms with E-state index in [-0.39, 0.29) is 4.65 Å². The number of hydrogen-bond donors (Lipinski definition) is 0. The van der Waals surface area contributed by atoms with E-state index < -0.39 is 0 Å². The molecule has 0 heterocycles. The van der Waals surface area contributed by atoms with Crippen LogP contribution in [0.5, 0.6) is 0 Å². The largest absolute Gasteiger partial charge is 0.633 e. The van der Waals surface area contributed by atoms with Gasteiger partial charge in [-0.05, 0) is 37.8 Å².